The molecule has 0 atom stereocenters. The highest BCUT2D eigenvalue weighted by atomic mass is 32.2. The Hall–Kier alpha value is -0.550. The summed E-state index contributed by atoms with van der Waals surface area (Å²) in [5, 5.41) is 9.60. The Morgan fingerprint density at radius 3 is 3.14 bits per heavy atom. The zero-order valence-corrected chi connectivity index (χ0v) is 9.66. The van der Waals surface area contributed by atoms with E-state index in [2.05, 4.69) is 11.9 Å². The van der Waals surface area contributed by atoms with Gasteiger partial charge in [-0.1, -0.05) is 6.92 Å². The van der Waals surface area contributed by atoms with Gasteiger partial charge in [0.1, 0.15) is 5.01 Å². The highest BCUT2D eigenvalue weighted by Crippen LogP contribution is 2.19. The molecule has 1 aromatic rings. The van der Waals surface area contributed by atoms with Crippen LogP contribution in [0.15, 0.2) is 6.20 Å². The molecule has 0 aliphatic rings. The molecule has 3 nitrogen and oxygen atoms in total. The van der Waals surface area contributed by atoms with Crippen LogP contribution in [0.2, 0.25) is 0 Å². The number of aryl methyl sites for hydroxylation is 1. The number of aliphatic carboxylic acids is 1. The first kappa shape index (κ1) is 11.5. The number of carboxylic acids is 1. The first-order valence-corrected chi connectivity index (χ1v) is 6.42. The summed E-state index contributed by atoms with van der Waals surface area (Å²) >= 11 is 3.45. The minimum atomic E-state index is -0.747. The van der Waals surface area contributed by atoms with Crippen molar-refractivity contribution in [2.45, 2.75) is 25.5 Å². The van der Waals surface area contributed by atoms with Gasteiger partial charge in [-0.25, -0.2) is 4.98 Å². The number of thiazole rings is 1. The van der Waals surface area contributed by atoms with Crippen molar-refractivity contribution in [1.82, 2.24) is 4.98 Å². The molecule has 0 spiro atoms. The van der Waals surface area contributed by atoms with Gasteiger partial charge < -0.3 is 5.11 Å². The zero-order chi connectivity index (χ0) is 10.4. The Labute approximate surface area is 91.6 Å². The molecule has 0 saturated carbocycles. The number of hydrogen-bond donors (Lipinski definition) is 1. The summed E-state index contributed by atoms with van der Waals surface area (Å²) in [4.78, 5) is 15.6. The predicted molar refractivity (Wildman–Crippen MR) is 59.9 cm³/mol. The van der Waals surface area contributed by atoms with Crippen molar-refractivity contribution in [2.75, 3.05) is 5.75 Å². The van der Waals surface area contributed by atoms with Gasteiger partial charge in [0, 0.05) is 16.8 Å². The van der Waals surface area contributed by atoms with E-state index in [-0.39, 0.29) is 6.42 Å². The molecule has 0 amide bonds. The Bertz CT molecular complexity index is 299. The van der Waals surface area contributed by atoms with E-state index in [9.17, 15) is 4.79 Å². The molecule has 0 aromatic carbocycles. The predicted octanol–water partition coefficient (Wildman–Crippen LogP) is 2.41. The maximum atomic E-state index is 10.3. The summed E-state index contributed by atoms with van der Waals surface area (Å²) in [6, 6.07) is 0. The van der Waals surface area contributed by atoms with Crippen molar-refractivity contribution >= 4 is 29.1 Å². The maximum absolute atomic E-state index is 10.3. The molecule has 14 heavy (non-hydrogen) atoms. The van der Waals surface area contributed by atoms with Crippen LogP contribution in [0.3, 0.4) is 0 Å². The van der Waals surface area contributed by atoms with Crippen LogP contribution in [0.4, 0.5) is 0 Å². The van der Waals surface area contributed by atoms with Crippen LogP contribution >= 0.6 is 23.1 Å². The Morgan fingerprint density at radius 2 is 2.50 bits per heavy atom. The topological polar surface area (TPSA) is 50.2 Å². The van der Waals surface area contributed by atoms with Crippen molar-refractivity contribution in [3.63, 3.8) is 0 Å². The smallest absolute Gasteiger partial charge is 0.303 e. The van der Waals surface area contributed by atoms with Crippen molar-refractivity contribution in [1.29, 1.82) is 0 Å². The summed E-state index contributed by atoms with van der Waals surface area (Å²) in [5.41, 5.74) is 0. The number of thioether (sulfide) groups is 1. The summed E-state index contributed by atoms with van der Waals surface area (Å²) in [6.45, 7) is 2.11. The molecular weight excluding hydrogens is 218 g/mol. The molecule has 0 saturated heterocycles. The van der Waals surface area contributed by atoms with Crippen LogP contribution in [0.1, 0.15) is 23.2 Å². The standard InChI is InChI=1S/C9H13NO2S2/c1-2-13-6-8-10-5-7(14-8)3-4-9(11)12/h5H,2-4,6H2,1H3,(H,11,12). The van der Waals surface area contributed by atoms with E-state index in [1.54, 1.807) is 17.5 Å². The van der Waals surface area contributed by atoms with Crippen LogP contribution in [-0.4, -0.2) is 21.8 Å². The molecule has 1 heterocycles. The van der Waals surface area contributed by atoms with Gasteiger partial charge in [0.25, 0.3) is 0 Å². The number of rotatable bonds is 6. The second-order valence-corrected chi connectivity index (χ2v) is 5.23. The van der Waals surface area contributed by atoms with Crippen LogP contribution in [0.5, 0.6) is 0 Å². The van der Waals surface area contributed by atoms with Crippen molar-refractivity contribution < 1.29 is 9.90 Å². The first-order valence-electron chi connectivity index (χ1n) is 4.45. The van der Waals surface area contributed by atoms with Gasteiger partial charge in [-0.3, -0.25) is 4.79 Å². The Balaban J connectivity index is 2.38. The average molecular weight is 231 g/mol. The van der Waals surface area contributed by atoms with E-state index in [1.165, 1.54) is 0 Å². The first-order chi connectivity index (χ1) is 6.72. The fourth-order valence-electron chi connectivity index (χ4n) is 0.950. The molecule has 0 radical (unpaired) electrons. The lowest BCUT2D eigenvalue weighted by molar-refractivity contribution is -0.136. The number of carbonyl (C=O) groups is 1. The molecule has 5 heteroatoms. The van der Waals surface area contributed by atoms with Crippen LogP contribution in [0.25, 0.3) is 0 Å². The summed E-state index contributed by atoms with van der Waals surface area (Å²) in [6.07, 6.45) is 2.59. The van der Waals surface area contributed by atoms with Crippen LogP contribution in [0, 0.1) is 0 Å². The van der Waals surface area contributed by atoms with Gasteiger partial charge >= 0.3 is 5.97 Å². The van der Waals surface area contributed by atoms with Crippen molar-refractivity contribution in [2.24, 2.45) is 0 Å². The molecule has 1 aromatic heterocycles. The molecule has 0 fully saturated rings. The second-order valence-electron chi connectivity index (χ2n) is 2.75. The van der Waals surface area contributed by atoms with E-state index in [0.717, 1.165) is 21.4 Å². The molecule has 78 valence electrons. The zero-order valence-electron chi connectivity index (χ0n) is 8.02. The Kier molecular flexibility index (Phi) is 4.97. The van der Waals surface area contributed by atoms with Gasteiger partial charge in [0.05, 0.1) is 6.42 Å². The molecule has 0 aliphatic heterocycles. The highest BCUT2D eigenvalue weighted by Gasteiger charge is 2.04. The highest BCUT2D eigenvalue weighted by molar-refractivity contribution is 7.98. The largest absolute Gasteiger partial charge is 0.481 e. The van der Waals surface area contributed by atoms with Gasteiger partial charge in [0.2, 0.25) is 0 Å². The maximum Gasteiger partial charge on any atom is 0.303 e. The lowest BCUT2D eigenvalue weighted by Gasteiger charge is -1.92. The number of hydrogen-bond acceptors (Lipinski definition) is 4. The molecule has 1 rings (SSSR count). The van der Waals surface area contributed by atoms with Gasteiger partial charge in [-0.15, -0.1) is 11.3 Å². The molecule has 0 unspecified atom stereocenters. The number of aromatic nitrogens is 1. The van der Waals surface area contributed by atoms with E-state index in [0.29, 0.717) is 6.42 Å². The minimum absolute atomic E-state index is 0.197. The second kappa shape index (κ2) is 6.03. The summed E-state index contributed by atoms with van der Waals surface area (Å²) in [5.74, 6) is 1.28. The summed E-state index contributed by atoms with van der Waals surface area (Å²) in [7, 11) is 0. The Morgan fingerprint density at radius 1 is 1.71 bits per heavy atom. The fraction of sp³-hybridized carbons (Fsp3) is 0.556. The van der Waals surface area contributed by atoms with Crippen molar-refractivity contribution in [3.8, 4) is 0 Å². The van der Waals surface area contributed by atoms with E-state index >= 15 is 0 Å². The van der Waals surface area contributed by atoms with Gasteiger partial charge in [-0.2, -0.15) is 11.8 Å². The normalized spacial score (nSPS) is 10.4. The quantitative estimate of drug-likeness (QED) is 0.817. The third-order valence-electron chi connectivity index (χ3n) is 1.62. The van der Waals surface area contributed by atoms with Gasteiger partial charge in [-0.05, 0) is 12.2 Å². The minimum Gasteiger partial charge on any atom is -0.481 e. The van der Waals surface area contributed by atoms with Crippen molar-refractivity contribution in [3.05, 3.63) is 16.1 Å². The van der Waals surface area contributed by atoms with E-state index in [4.69, 9.17) is 5.11 Å². The molecule has 0 aliphatic carbocycles. The molecule has 0 bridgehead atoms. The molecule has 1 N–H and O–H groups in total. The van der Waals surface area contributed by atoms with Crippen LogP contribution in [-0.2, 0) is 17.0 Å². The van der Waals surface area contributed by atoms with E-state index in [1.807, 2.05) is 11.8 Å². The van der Waals surface area contributed by atoms with Gasteiger partial charge in [0.15, 0.2) is 0 Å². The third-order valence-corrected chi connectivity index (χ3v) is 3.74. The lowest BCUT2D eigenvalue weighted by atomic mass is 10.3. The monoisotopic (exact) mass is 231 g/mol. The fourth-order valence-corrected chi connectivity index (χ4v) is 2.61. The van der Waals surface area contributed by atoms with E-state index < -0.39 is 5.97 Å². The number of nitrogens with zero attached hydrogens (tertiary/aromatic N) is 1. The van der Waals surface area contributed by atoms with Crippen LogP contribution < -0.4 is 0 Å². The average Bonchev–Trinajstić information content (AvgIpc) is 2.59. The number of carboxylic acid groups (broad SMARTS) is 1. The SMILES string of the molecule is CCSCc1ncc(CCC(=O)O)s1. The molecular formula is C9H13NO2S2. The lowest BCUT2D eigenvalue weighted by Crippen LogP contribution is -1.95. The summed E-state index contributed by atoms with van der Waals surface area (Å²) < 4.78 is 0. The third kappa shape index (κ3) is 4.11.